The van der Waals surface area contributed by atoms with Crippen LogP contribution in [0, 0.1) is 30.6 Å². The van der Waals surface area contributed by atoms with E-state index in [-0.39, 0.29) is 16.4 Å². The number of hydrogen-bond acceptors (Lipinski definition) is 1. The first-order valence-corrected chi connectivity index (χ1v) is 19.4. The third-order valence-corrected chi connectivity index (χ3v) is 11.4. The van der Waals surface area contributed by atoms with Crippen molar-refractivity contribution in [3.8, 4) is 23.7 Å². The highest BCUT2D eigenvalue weighted by Gasteiger charge is 2.36. The van der Waals surface area contributed by atoms with Gasteiger partial charge >= 0.3 is 5.97 Å². The van der Waals surface area contributed by atoms with E-state index in [2.05, 4.69) is 170 Å². The number of rotatable bonds is 3. The van der Waals surface area contributed by atoms with Crippen molar-refractivity contribution in [3.63, 3.8) is 0 Å². The SMILES string of the molecule is CC(C)[N+](C)=C1CCC(C)(C)c2cc(C#Cc3ccc(C(=O)O)cc3)ccc21.Cc1ccc(C#Cc2ccc3c(c2)C(C)(C)CCC3=[N+](C)C(C)C)cc1. The Morgan fingerprint density at radius 3 is 1.31 bits per heavy atom. The van der Waals surface area contributed by atoms with Crippen molar-refractivity contribution in [2.24, 2.45) is 0 Å². The molecule has 0 spiro atoms. The normalized spacial score (nSPS) is 17.1. The minimum atomic E-state index is -0.921. The number of carboxylic acid groups (broad SMARTS) is 1. The quantitative estimate of drug-likeness (QED) is 0.169. The molecule has 6 rings (SSSR count). The molecule has 0 radical (unpaired) electrons. The first-order chi connectivity index (χ1) is 25.5. The Bertz CT molecular complexity index is 2220. The topological polar surface area (TPSA) is 43.3 Å². The minimum Gasteiger partial charge on any atom is -0.478 e. The number of hydrogen-bond donors (Lipinski definition) is 1. The highest BCUT2D eigenvalue weighted by Crippen LogP contribution is 2.38. The second-order valence-electron chi connectivity index (χ2n) is 16.8. The average molecular weight is 719 g/mol. The number of benzene rings is 4. The lowest BCUT2D eigenvalue weighted by molar-refractivity contribution is -0.530. The van der Waals surface area contributed by atoms with Crippen LogP contribution in [0.2, 0.25) is 0 Å². The van der Waals surface area contributed by atoms with E-state index in [1.165, 1.54) is 45.7 Å². The molecule has 4 aromatic carbocycles. The fourth-order valence-electron chi connectivity index (χ4n) is 7.25. The number of carbonyl (C=O) groups is 1. The summed E-state index contributed by atoms with van der Waals surface area (Å²) in [5, 5.41) is 9.00. The average Bonchev–Trinajstić information content (AvgIpc) is 3.14. The van der Waals surface area contributed by atoms with Crippen LogP contribution in [0.15, 0.2) is 84.9 Å². The van der Waals surface area contributed by atoms with Crippen LogP contribution in [-0.4, -0.2) is 57.8 Å². The molecule has 278 valence electrons. The molecule has 0 saturated heterocycles. The first-order valence-electron chi connectivity index (χ1n) is 19.4. The lowest BCUT2D eigenvalue weighted by atomic mass is 9.71. The van der Waals surface area contributed by atoms with E-state index in [9.17, 15) is 4.79 Å². The summed E-state index contributed by atoms with van der Waals surface area (Å²) in [4.78, 5) is 11.0. The summed E-state index contributed by atoms with van der Waals surface area (Å²) in [6.45, 7) is 20.4. The Balaban J connectivity index is 0.000000208. The fraction of sp³-hybridized carbons (Fsp3) is 0.380. The van der Waals surface area contributed by atoms with Gasteiger partial charge in [-0.05, 0) is 142 Å². The molecule has 0 saturated carbocycles. The largest absolute Gasteiger partial charge is 0.478 e. The van der Waals surface area contributed by atoms with Gasteiger partial charge in [-0.25, -0.2) is 13.9 Å². The molecule has 0 aliphatic heterocycles. The molecule has 0 aromatic heterocycles. The molecule has 0 amide bonds. The number of aryl methyl sites for hydroxylation is 1. The lowest BCUT2D eigenvalue weighted by Gasteiger charge is -2.32. The van der Waals surface area contributed by atoms with Crippen LogP contribution >= 0.6 is 0 Å². The molecule has 0 fully saturated rings. The number of aromatic carboxylic acids is 1. The van der Waals surface area contributed by atoms with Gasteiger partial charge in [-0.1, -0.05) is 69.1 Å². The maximum atomic E-state index is 11.0. The minimum absolute atomic E-state index is 0.122. The molecule has 4 aromatic rings. The summed E-state index contributed by atoms with van der Waals surface area (Å²) in [5.41, 5.74) is 14.2. The van der Waals surface area contributed by atoms with Crippen LogP contribution in [0.3, 0.4) is 0 Å². The Labute approximate surface area is 324 Å². The van der Waals surface area contributed by atoms with Gasteiger partial charge in [0, 0.05) is 46.2 Å². The van der Waals surface area contributed by atoms with E-state index >= 15 is 0 Å². The van der Waals surface area contributed by atoms with Crippen LogP contribution in [0.5, 0.6) is 0 Å². The molecule has 4 heteroatoms. The Morgan fingerprint density at radius 2 is 0.944 bits per heavy atom. The summed E-state index contributed by atoms with van der Waals surface area (Å²) in [6.07, 6.45) is 4.54. The van der Waals surface area contributed by atoms with Crippen molar-refractivity contribution < 1.29 is 19.1 Å². The van der Waals surface area contributed by atoms with Crippen molar-refractivity contribution in [1.29, 1.82) is 0 Å². The van der Waals surface area contributed by atoms with Crippen LogP contribution in [0.4, 0.5) is 0 Å². The summed E-state index contributed by atoms with van der Waals surface area (Å²) in [6, 6.07) is 29.4. The van der Waals surface area contributed by atoms with Crippen molar-refractivity contribution in [2.45, 2.75) is 111 Å². The highest BCUT2D eigenvalue weighted by atomic mass is 16.4. The fourth-order valence-corrected chi connectivity index (χ4v) is 7.25. The molecule has 0 atom stereocenters. The van der Waals surface area contributed by atoms with Gasteiger partial charge in [0.25, 0.3) is 0 Å². The highest BCUT2D eigenvalue weighted by molar-refractivity contribution is 6.00. The van der Waals surface area contributed by atoms with Gasteiger partial charge in [-0.3, -0.25) is 0 Å². The molecule has 1 N–H and O–H groups in total. The molecule has 2 aliphatic rings. The van der Waals surface area contributed by atoms with Crippen LogP contribution in [0.25, 0.3) is 0 Å². The third kappa shape index (κ3) is 9.29. The van der Waals surface area contributed by atoms with Crippen molar-refractivity contribution >= 4 is 17.4 Å². The molecular weight excluding hydrogens is 661 g/mol. The van der Waals surface area contributed by atoms with Gasteiger partial charge in [0.05, 0.1) is 5.56 Å². The van der Waals surface area contributed by atoms with Crippen molar-refractivity contribution in [3.05, 3.63) is 141 Å². The van der Waals surface area contributed by atoms with Gasteiger partial charge < -0.3 is 5.11 Å². The summed E-state index contributed by atoms with van der Waals surface area (Å²) in [5.74, 6) is 12.1. The predicted molar refractivity (Wildman–Crippen MR) is 225 cm³/mol. The van der Waals surface area contributed by atoms with Gasteiger partial charge in [0.1, 0.15) is 26.2 Å². The standard InChI is InChI=1S/C25H27NO2.C25H30N/c1-17(2)26(5)23-14-15-25(3,4)22-16-19(10-13-21(22)23)7-6-18-8-11-20(12-9-18)24(27)28;1-18(2)26(6)24-15-16-25(4,5)23-17-21(13-14-22(23)24)12-11-20-9-7-19(3)8-10-20/h8-13,16-17H,14-15H2,1-5H3;7-10,13-14,17-18H,15-16H2,1-6H3/q;+1/p+1. The monoisotopic (exact) mass is 718 g/mol. The Kier molecular flexibility index (Phi) is 12.2. The molecule has 0 unspecified atom stereocenters. The van der Waals surface area contributed by atoms with Gasteiger partial charge in [0.15, 0.2) is 11.4 Å². The van der Waals surface area contributed by atoms with Crippen LogP contribution in [-0.2, 0) is 10.8 Å². The lowest BCUT2D eigenvalue weighted by Crippen LogP contribution is -2.34. The van der Waals surface area contributed by atoms with E-state index in [1.807, 2.05) is 0 Å². The van der Waals surface area contributed by atoms with E-state index in [1.54, 1.807) is 24.3 Å². The third-order valence-electron chi connectivity index (χ3n) is 11.4. The molecule has 0 heterocycles. The van der Waals surface area contributed by atoms with Gasteiger partial charge in [0.2, 0.25) is 0 Å². The molecule has 4 nitrogen and oxygen atoms in total. The van der Waals surface area contributed by atoms with Crippen molar-refractivity contribution in [2.75, 3.05) is 14.1 Å². The van der Waals surface area contributed by atoms with E-state index in [0.717, 1.165) is 41.5 Å². The number of carboxylic acids is 1. The molecular formula is C50H58N2O2+2. The van der Waals surface area contributed by atoms with E-state index < -0.39 is 5.97 Å². The smallest absolute Gasteiger partial charge is 0.335 e. The van der Waals surface area contributed by atoms with Gasteiger partial charge in [-0.2, -0.15) is 0 Å². The molecule has 54 heavy (non-hydrogen) atoms. The van der Waals surface area contributed by atoms with Crippen molar-refractivity contribution in [1.82, 2.24) is 0 Å². The zero-order valence-electron chi connectivity index (χ0n) is 34.3. The zero-order chi connectivity index (χ0) is 39.4. The maximum absolute atomic E-state index is 11.0. The van der Waals surface area contributed by atoms with E-state index in [0.29, 0.717) is 12.1 Å². The molecule has 0 bridgehead atoms. The summed E-state index contributed by atoms with van der Waals surface area (Å²) < 4.78 is 4.80. The predicted octanol–water partition coefficient (Wildman–Crippen LogP) is 10.0. The zero-order valence-corrected chi connectivity index (χ0v) is 34.3. The Hall–Kier alpha value is -5.19. The Morgan fingerprint density at radius 1 is 0.593 bits per heavy atom. The number of fused-ring (bicyclic) bond motifs is 2. The first kappa shape index (κ1) is 40.0. The van der Waals surface area contributed by atoms with E-state index in [4.69, 9.17) is 5.11 Å². The number of nitrogens with zero attached hydrogens (tertiary/aromatic N) is 2. The molecule has 2 aliphatic carbocycles. The summed E-state index contributed by atoms with van der Waals surface area (Å²) >= 11 is 0. The summed E-state index contributed by atoms with van der Waals surface area (Å²) in [7, 11) is 4.39. The van der Waals surface area contributed by atoms with Crippen LogP contribution < -0.4 is 0 Å². The van der Waals surface area contributed by atoms with Gasteiger partial charge in [-0.15, -0.1) is 0 Å². The van der Waals surface area contributed by atoms with Crippen LogP contribution in [0.1, 0.15) is 142 Å². The maximum Gasteiger partial charge on any atom is 0.335 e. The second-order valence-corrected chi connectivity index (χ2v) is 16.8. The second kappa shape index (κ2) is 16.4.